The molecule has 0 spiro atoms. The Kier molecular flexibility index (Phi) is 1.21. The van der Waals surface area contributed by atoms with Gasteiger partial charge in [0.1, 0.15) is 0 Å². The predicted molar refractivity (Wildman–Crippen MR) is 42.8 cm³/mol. The molecule has 1 saturated heterocycles. The lowest BCUT2D eigenvalue weighted by Crippen LogP contribution is -2.39. The molecule has 1 heterocycles. The topological polar surface area (TPSA) is 12.0 Å². The van der Waals surface area contributed by atoms with Gasteiger partial charge in [0.2, 0.25) is 0 Å². The number of rotatable bonds is 0. The van der Waals surface area contributed by atoms with E-state index in [1.807, 2.05) is 0 Å². The standard InChI is InChI=1S/C9H13N/c1-9-6-3-2-4-8(9)5-7-10-9/h2-4,6,8,10H,5,7H2,1H3. The highest BCUT2D eigenvalue weighted by Gasteiger charge is 2.34. The van der Waals surface area contributed by atoms with Crippen molar-refractivity contribution in [3.8, 4) is 0 Å². The molecule has 2 atom stereocenters. The molecule has 2 rings (SSSR count). The van der Waals surface area contributed by atoms with Gasteiger partial charge in [0, 0.05) is 5.54 Å². The molecular weight excluding hydrogens is 122 g/mol. The van der Waals surface area contributed by atoms with Crippen LogP contribution in [0.2, 0.25) is 0 Å². The predicted octanol–water partition coefficient (Wildman–Crippen LogP) is 1.48. The smallest absolute Gasteiger partial charge is 0.0402 e. The van der Waals surface area contributed by atoms with Crippen molar-refractivity contribution in [2.24, 2.45) is 5.92 Å². The molecule has 1 nitrogen and oxygen atoms in total. The maximum Gasteiger partial charge on any atom is 0.0402 e. The van der Waals surface area contributed by atoms with Crippen LogP contribution in [0.4, 0.5) is 0 Å². The van der Waals surface area contributed by atoms with Crippen LogP contribution in [-0.2, 0) is 0 Å². The average molecular weight is 135 g/mol. The molecule has 0 aromatic carbocycles. The van der Waals surface area contributed by atoms with Gasteiger partial charge in [-0.05, 0) is 25.8 Å². The van der Waals surface area contributed by atoms with E-state index in [-0.39, 0.29) is 5.54 Å². The summed E-state index contributed by atoms with van der Waals surface area (Å²) >= 11 is 0. The summed E-state index contributed by atoms with van der Waals surface area (Å²) in [5.41, 5.74) is 0.273. The second-order valence-corrected chi connectivity index (χ2v) is 3.35. The first-order chi connectivity index (χ1) is 4.81. The second-order valence-electron chi connectivity index (χ2n) is 3.35. The lowest BCUT2D eigenvalue weighted by atomic mass is 9.84. The van der Waals surface area contributed by atoms with E-state index in [1.54, 1.807) is 0 Å². The quantitative estimate of drug-likeness (QED) is 0.530. The van der Waals surface area contributed by atoms with Gasteiger partial charge in [-0.1, -0.05) is 24.3 Å². The fraction of sp³-hybridized carbons (Fsp3) is 0.556. The van der Waals surface area contributed by atoms with Crippen LogP contribution in [-0.4, -0.2) is 12.1 Å². The molecule has 0 radical (unpaired) electrons. The SMILES string of the molecule is CC12C=CC=CC1CCN2. The molecule has 54 valence electrons. The number of hydrogen-bond acceptors (Lipinski definition) is 1. The highest BCUT2D eigenvalue weighted by molar-refractivity contribution is 5.25. The van der Waals surface area contributed by atoms with Crippen molar-refractivity contribution in [1.29, 1.82) is 0 Å². The Labute approximate surface area is 61.8 Å². The van der Waals surface area contributed by atoms with Crippen LogP contribution in [0.1, 0.15) is 13.3 Å². The van der Waals surface area contributed by atoms with Crippen molar-refractivity contribution in [1.82, 2.24) is 5.32 Å². The Morgan fingerprint density at radius 3 is 3.20 bits per heavy atom. The van der Waals surface area contributed by atoms with Crippen LogP contribution in [0.3, 0.4) is 0 Å². The molecule has 2 aliphatic rings. The number of hydrogen-bond donors (Lipinski definition) is 1. The summed E-state index contributed by atoms with van der Waals surface area (Å²) in [6.45, 7) is 3.43. The molecule has 1 N–H and O–H groups in total. The molecule has 0 aromatic rings. The molecule has 1 fully saturated rings. The van der Waals surface area contributed by atoms with E-state index in [0.717, 1.165) is 12.5 Å². The van der Waals surface area contributed by atoms with Crippen molar-refractivity contribution >= 4 is 0 Å². The number of fused-ring (bicyclic) bond motifs is 1. The lowest BCUT2D eigenvalue weighted by molar-refractivity contribution is 0.436. The van der Waals surface area contributed by atoms with Gasteiger partial charge < -0.3 is 5.32 Å². The first kappa shape index (κ1) is 6.17. The van der Waals surface area contributed by atoms with Crippen LogP contribution in [0.25, 0.3) is 0 Å². The van der Waals surface area contributed by atoms with Crippen molar-refractivity contribution in [3.63, 3.8) is 0 Å². The van der Waals surface area contributed by atoms with E-state index in [2.05, 4.69) is 36.5 Å². The molecule has 1 heteroatoms. The van der Waals surface area contributed by atoms with Crippen molar-refractivity contribution < 1.29 is 0 Å². The summed E-state index contributed by atoms with van der Waals surface area (Å²) in [6, 6.07) is 0. The summed E-state index contributed by atoms with van der Waals surface area (Å²) in [4.78, 5) is 0. The van der Waals surface area contributed by atoms with Crippen LogP contribution in [0.5, 0.6) is 0 Å². The van der Waals surface area contributed by atoms with Crippen molar-refractivity contribution in [2.45, 2.75) is 18.9 Å². The van der Waals surface area contributed by atoms with Gasteiger partial charge in [-0.2, -0.15) is 0 Å². The minimum absolute atomic E-state index is 0.273. The highest BCUT2D eigenvalue weighted by Crippen LogP contribution is 2.30. The number of nitrogens with one attached hydrogen (secondary N) is 1. The van der Waals surface area contributed by atoms with Crippen LogP contribution < -0.4 is 5.32 Å². The Balaban J connectivity index is 2.30. The molecule has 0 bridgehead atoms. The maximum absolute atomic E-state index is 3.50. The summed E-state index contributed by atoms with van der Waals surface area (Å²) in [5, 5.41) is 3.50. The zero-order valence-electron chi connectivity index (χ0n) is 6.30. The van der Waals surface area contributed by atoms with Gasteiger partial charge in [-0.15, -0.1) is 0 Å². The molecule has 1 aliphatic heterocycles. The summed E-state index contributed by atoms with van der Waals surface area (Å²) in [6.07, 6.45) is 10.1. The van der Waals surface area contributed by atoms with Gasteiger partial charge in [0.05, 0.1) is 0 Å². The normalized spacial score (nSPS) is 43.9. The molecule has 1 aliphatic carbocycles. The average Bonchev–Trinajstić information content (AvgIpc) is 2.29. The number of allylic oxidation sites excluding steroid dienone is 2. The minimum atomic E-state index is 0.273. The van der Waals surface area contributed by atoms with Gasteiger partial charge in [0.15, 0.2) is 0 Å². The molecular formula is C9H13N. The Morgan fingerprint density at radius 1 is 1.50 bits per heavy atom. The third-order valence-corrected chi connectivity index (χ3v) is 2.63. The van der Waals surface area contributed by atoms with E-state index in [0.29, 0.717) is 0 Å². The summed E-state index contributed by atoms with van der Waals surface area (Å²) in [5.74, 6) is 0.734. The van der Waals surface area contributed by atoms with Crippen LogP contribution >= 0.6 is 0 Å². The lowest BCUT2D eigenvalue weighted by Gasteiger charge is -2.28. The van der Waals surface area contributed by atoms with Gasteiger partial charge in [-0.25, -0.2) is 0 Å². The summed E-state index contributed by atoms with van der Waals surface area (Å²) in [7, 11) is 0. The second kappa shape index (κ2) is 1.96. The Bertz CT molecular complexity index is 193. The Morgan fingerprint density at radius 2 is 2.40 bits per heavy atom. The monoisotopic (exact) mass is 135 g/mol. The highest BCUT2D eigenvalue weighted by atomic mass is 15.0. The van der Waals surface area contributed by atoms with E-state index in [9.17, 15) is 0 Å². The minimum Gasteiger partial charge on any atom is -0.308 e. The van der Waals surface area contributed by atoms with Gasteiger partial charge in [0.25, 0.3) is 0 Å². The molecule has 10 heavy (non-hydrogen) atoms. The molecule has 0 saturated carbocycles. The van der Waals surface area contributed by atoms with Gasteiger partial charge in [-0.3, -0.25) is 0 Å². The first-order valence-corrected chi connectivity index (χ1v) is 3.92. The molecule has 0 amide bonds. The van der Waals surface area contributed by atoms with Crippen molar-refractivity contribution in [2.75, 3.05) is 6.54 Å². The van der Waals surface area contributed by atoms with Crippen molar-refractivity contribution in [3.05, 3.63) is 24.3 Å². The Hall–Kier alpha value is -0.560. The first-order valence-electron chi connectivity index (χ1n) is 3.92. The maximum atomic E-state index is 3.50. The molecule has 0 aromatic heterocycles. The zero-order valence-corrected chi connectivity index (χ0v) is 6.30. The van der Waals surface area contributed by atoms with Crippen LogP contribution in [0, 0.1) is 5.92 Å². The fourth-order valence-electron chi connectivity index (χ4n) is 1.86. The zero-order chi connectivity index (χ0) is 7.03. The third kappa shape index (κ3) is 0.739. The van der Waals surface area contributed by atoms with E-state index in [4.69, 9.17) is 0 Å². The third-order valence-electron chi connectivity index (χ3n) is 2.63. The van der Waals surface area contributed by atoms with Gasteiger partial charge >= 0.3 is 0 Å². The van der Waals surface area contributed by atoms with E-state index >= 15 is 0 Å². The summed E-state index contributed by atoms with van der Waals surface area (Å²) < 4.78 is 0. The van der Waals surface area contributed by atoms with Crippen LogP contribution in [0.15, 0.2) is 24.3 Å². The molecule has 2 unspecified atom stereocenters. The fourth-order valence-corrected chi connectivity index (χ4v) is 1.86. The van der Waals surface area contributed by atoms with E-state index in [1.165, 1.54) is 6.42 Å². The largest absolute Gasteiger partial charge is 0.308 e. The van der Waals surface area contributed by atoms with E-state index < -0.39 is 0 Å².